The van der Waals surface area contributed by atoms with Gasteiger partial charge in [0.1, 0.15) is 5.82 Å². The normalized spacial score (nSPS) is 16.6. The monoisotopic (exact) mass is 296 g/mol. The Labute approximate surface area is 127 Å². The number of halogens is 1. The first kappa shape index (κ1) is 15.6. The van der Waals surface area contributed by atoms with Crippen molar-refractivity contribution in [1.82, 2.24) is 4.90 Å². The largest absolute Gasteiger partial charge is 0.369 e. The third-order valence-electron chi connectivity index (χ3n) is 3.95. The maximum absolute atomic E-state index is 12.9. The maximum Gasteiger partial charge on any atom is 0.123 e. The van der Waals surface area contributed by atoms with E-state index in [0.29, 0.717) is 0 Å². The molecule has 1 aromatic rings. The number of rotatable bonds is 7. The third kappa shape index (κ3) is 4.98. The van der Waals surface area contributed by atoms with Gasteiger partial charge < -0.3 is 4.90 Å². The van der Waals surface area contributed by atoms with E-state index in [4.69, 9.17) is 0 Å². The maximum atomic E-state index is 12.9. The average Bonchev–Trinajstić information content (AvgIpc) is 2.49. The first-order chi connectivity index (χ1) is 9.79. The first-order valence-electron chi connectivity index (χ1n) is 7.63. The number of anilines is 1. The zero-order chi connectivity index (χ0) is 14.2. The molecule has 20 heavy (non-hydrogen) atoms. The van der Waals surface area contributed by atoms with Crippen LogP contribution in [0.5, 0.6) is 0 Å². The lowest BCUT2D eigenvalue weighted by Crippen LogP contribution is -2.46. The summed E-state index contributed by atoms with van der Waals surface area (Å²) in [7, 11) is 0. The van der Waals surface area contributed by atoms with Crippen molar-refractivity contribution in [2.24, 2.45) is 0 Å². The van der Waals surface area contributed by atoms with E-state index in [1.54, 1.807) is 12.1 Å². The summed E-state index contributed by atoms with van der Waals surface area (Å²) in [6, 6.07) is 6.84. The molecular formula is C16H25FN2S. The molecule has 2 nitrogen and oxygen atoms in total. The fourth-order valence-corrected chi connectivity index (χ4v) is 2.91. The summed E-state index contributed by atoms with van der Waals surface area (Å²) in [5, 5.41) is 0. The van der Waals surface area contributed by atoms with Gasteiger partial charge in [0.25, 0.3) is 0 Å². The Morgan fingerprint density at radius 3 is 2.20 bits per heavy atom. The van der Waals surface area contributed by atoms with Gasteiger partial charge in [0, 0.05) is 31.9 Å². The highest BCUT2D eigenvalue weighted by Crippen LogP contribution is 2.17. The van der Waals surface area contributed by atoms with Crippen LogP contribution in [0, 0.1) is 5.82 Å². The number of benzene rings is 1. The smallest absolute Gasteiger partial charge is 0.123 e. The fourth-order valence-electron chi connectivity index (χ4n) is 2.68. The summed E-state index contributed by atoms with van der Waals surface area (Å²) >= 11 is 4.24. The number of hydrogen-bond donors (Lipinski definition) is 1. The minimum absolute atomic E-state index is 0.159. The zero-order valence-corrected chi connectivity index (χ0v) is 13.0. The molecule has 0 aromatic heterocycles. The molecule has 0 atom stereocenters. The van der Waals surface area contributed by atoms with Gasteiger partial charge in [-0.2, -0.15) is 12.6 Å². The van der Waals surface area contributed by atoms with Crippen molar-refractivity contribution in [1.29, 1.82) is 0 Å². The number of nitrogens with zero attached hydrogens (tertiary/aromatic N) is 2. The van der Waals surface area contributed by atoms with Crippen LogP contribution in [0.4, 0.5) is 10.1 Å². The topological polar surface area (TPSA) is 6.48 Å². The van der Waals surface area contributed by atoms with Crippen LogP contribution in [0.15, 0.2) is 24.3 Å². The molecule has 1 aliphatic rings. The highest BCUT2D eigenvalue weighted by atomic mass is 32.1. The number of hydrogen-bond acceptors (Lipinski definition) is 3. The van der Waals surface area contributed by atoms with Crippen LogP contribution < -0.4 is 4.90 Å². The Morgan fingerprint density at radius 1 is 0.900 bits per heavy atom. The van der Waals surface area contributed by atoms with Crippen molar-refractivity contribution in [3.63, 3.8) is 0 Å². The molecule has 0 saturated carbocycles. The predicted octanol–water partition coefficient (Wildman–Crippen LogP) is 3.44. The van der Waals surface area contributed by atoms with Gasteiger partial charge in [0.2, 0.25) is 0 Å². The molecule has 1 saturated heterocycles. The van der Waals surface area contributed by atoms with Gasteiger partial charge in [-0.1, -0.05) is 12.8 Å². The Balaban J connectivity index is 1.66. The average molecular weight is 296 g/mol. The van der Waals surface area contributed by atoms with Gasteiger partial charge in [0.15, 0.2) is 0 Å². The molecule has 112 valence electrons. The predicted molar refractivity (Wildman–Crippen MR) is 87.4 cm³/mol. The quantitative estimate of drug-likeness (QED) is 0.608. The van der Waals surface area contributed by atoms with Crippen molar-refractivity contribution in [2.75, 3.05) is 43.4 Å². The Kier molecular flexibility index (Phi) is 6.67. The van der Waals surface area contributed by atoms with Crippen LogP contribution in [0.25, 0.3) is 0 Å². The van der Waals surface area contributed by atoms with E-state index in [2.05, 4.69) is 22.4 Å². The summed E-state index contributed by atoms with van der Waals surface area (Å²) in [5.41, 5.74) is 1.14. The number of thiol groups is 1. The van der Waals surface area contributed by atoms with Crippen molar-refractivity contribution in [3.8, 4) is 0 Å². The minimum atomic E-state index is -0.159. The molecule has 0 aliphatic carbocycles. The van der Waals surface area contributed by atoms with Gasteiger partial charge in [0.05, 0.1) is 0 Å². The molecule has 1 fully saturated rings. The molecule has 0 spiro atoms. The van der Waals surface area contributed by atoms with Gasteiger partial charge in [-0.25, -0.2) is 4.39 Å². The van der Waals surface area contributed by atoms with Gasteiger partial charge in [-0.15, -0.1) is 0 Å². The van der Waals surface area contributed by atoms with E-state index < -0.39 is 0 Å². The van der Waals surface area contributed by atoms with Gasteiger partial charge >= 0.3 is 0 Å². The van der Waals surface area contributed by atoms with E-state index in [1.165, 1.54) is 32.2 Å². The molecule has 1 aliphatic heterocycles. The van der Waals surface area contributed by atoms with E-state index in [0.717, 1.165) is 37.6 Å². The minimum Gasteiger partial charge on any atom is -0.369 e. The molecule has 1 heterocycles. The summed E-state index contributed by atoms with van der Waals surface area (Å²) < 4.78 is 12.9. The van der Waals surface area contributed by atoms with E-state index in [9.17, 15) is 4.39 Å². The third-order valence-corrected chi connectivity index (χ3v) is 4.26. The van der Waals surface area contributed by atoms with Crippen molar-refractivity contribution < 1.29 is 4.39 Å². The zero-order valence-electron chi connectivity index (χ0n) is 12.1. The molecule has 0 amide bonds. The second-order valence-electron chi connectivity index (χ2n) is 5.44. The molecular weight excluding hydrogens is 271 g/mol. The molecule has 1 aromatic carbocycles. The molecule has 2 rings (SSSR count). The van der Waals surface area contributed by atoms with Crippen LogP contribution in [0.3, 0.4) is 0 Å². The van der Waals surface area contributed by atoms with E-state index in [-0.39, 0.29) is 5.82 Å². The van der Waals surface area contributed by atoms with Gasteiger partial charge in [-0.3, -0.25) is 4.90 Å². The fraction of sp³-hybridized carbons (Fsp3) is 0.625. The SMILES string of the molecule is Fc1ccc(N2CCN(CCCCCCS)CC2)cc1. The summed E-state index contributed by atoms with van der Waals surface area (Å²) in [5.74, 6) is 0.852. The van der Waals surface area contributed by atoms with Crippen LogP contribution in [0.2, 0.25) is 0 Å². The second kappa shape index (κ2) is 8.53. The molecule has 0 unspecified atom stereocenters. The molecule has 0 N–H and O–H groups in total. The molecule has 0 radical (unpaired) electrons. The van der Waals surface area contributed by atoms with Crippen LogP contribution in [-0.4, -0.2) is 43.4 Å². The molecule has 0 bridgehead atoms. The second-order valence-corrected chi connectivity index (χ2v) is 5.89. The highest BCUT2D eigenvalue weighted by molar-refractivity contribution is 7.80. The highest BCUT2D eigenvalue weighted by Gasteiger charge is 2.16. The first-order valence-corrected chi connectivity index (χ1v) is 8.26. The van der Waals surface area contributed by atoms with Crippen molar-refractivity contribution in [2.45, 2.75) is 25.7 Å². The summed E-state index contributed by atoms with van der Waals surface area (Å²) in [6.45, 7) is 5.53. The Bertz CT molecular complexity index is 375. The Morgan fingerprint density at radius 2 is 1.55 bits per heavy atom. The lowest BCUT2D eigenvalue weighted by atomic mass is 10.2. The lowest BCUT2D eigenvalue weighted by molar-refractivity contribution is 0.252. The van der Waals surface area contributed by atoms with Crippen molar-refractivity contribution in [3.05, 3.63) is 30.1 Å². The number of unbranched alkanes of at least 4 members (excludes halogenated alkanes) is 3. The number of piperazine rings is 1. The lowest BCUT2D eigenvalue weighted by Gasteiger charge is -2.36. The van der Waals surface area contributed by atoms with Gasteiger partial charge in [-0.05, 0) is 49.4 Å². The summed E-state index contributed by atoms with van der Waals surface area (Å²) in [6.07, 6.45) is 5.16. The van der Waals surface area contributed by atoms with Crippen LogP contribution in [0.1, 0.15) is 25.7 Å². The van der Waals surface area contributed by atoms with Crippen molar-refractivity contribution >= 4 is 18.3 Å². The Hall–Kier alpha value is -0.740. The van der Waals surface area contributed by atoms with Crippen LogP contribution in [-0.2, 0) is 0 Å². The standard InChI is InChI=1S/C16H25FN2S/c17-15-5-7-16(8-6-15)19-12-10-18(11-13-19)9-3-1-2-4-14-20/h5-8,20H,1-4,9-14H2. The molecule has 4 heteroatoms. The van der Waals surface area contributed by atoms with Crippen LogP contribution >= 0.6 is 12.6 Å². The summed E-state index contributed by atoms with van der Waals surface area (Å²) in [4.78, 5) is 4.89. The van der Waals surface area contributed by atoms with E-state index >= 15 is 0 Å². The van der Waals surface area contributed by atoms with E-state index in [1.807, 2.05) is 12.1 Å².